The Morgan fingerprint density at radius 1 is 0.825 bits per heavy atom. The largest absolute Gasteiger partial charge is 0.469 e. The smallest absolute Gasteiger partial charge is 0.314 e. The van der Waals surface area contributed by atoms with E-state index in [-0.39, 0.29) is 46.6 Å². The monoisotopic (exact) mass is 819 g/mol. The maximum atomic E-state index is 16.3. The Morgan fingerprint density at radius 3 is 2.23 bits per heavy atom. The summed E-state index contributed by atoms with van der Waals surface area (Å²) in [7, 11) is 1.81. The van der Waals surface area contributed by atoms with Crippen LogP contribution in [0.25, 0.3) is 0 Å². The van der Waals surface area contributed by atoms with Crippen molar-refractivity contribution in [2.24, 2.45) is 17.8 Å². The maximum Gasteiger partial charge on any atom is 0.314 e. The van der Waals surface area contributed by atoms with Crippen molar-refractivity contribution in [1.29, 1.82) is 0 Å². The number of amides is 3. The molecule has 3 heterocycles. The second-order valence-electron chi connectivity index (χ2n) is 17.0. The highest BCUT2D eigenvalue weighted by Gasteiger charge is 2.38. The van der Waals surface area contributed by atoms with E-state index in [9.17, 15) is 19.2 Å². The van der Waals surface area contributed by atoms with E-state index < -0.39 is 17.8 Å². The van der Waals surface area contributed by atoms with Gasteiger partial charge in [0.2, 0.25) is 11.8 Å². The minimum atomic E-state index is -0.680. The van der Waals surface area contributed by atoms with E-state index in [2.05, 4.69) is 15.1 Å². The Balaban J connectivity index is 0.916. The first-order valence-electron chi connectivity index (χ1n) is 21.4. The molecule has 57 heavy (non-hydrogen) atoms. The number of rotatable bonds is 12. The minimum absolute atomic E-state index is 0.00253. The summed E-state index contributed by atoms with van der Waals surface area (Å²) in [5.41, 5.74) is 1.43. The zero-order chi connectivity index (χ0) is 39.9. The fourth-order valence-corrected chi connectivity index (χ4v) is 11.2. The summed E-state index contributed by atoms with van der Waals surface area (Å²) in [6, 6.07) is 11.8. The van der Waals surface area contributed by atoms with Gasteiger partial charge in [-0.1, -0.05) is 55.1 Å². The lowest BCUT2D eigenvalue weighted by Crippen LogP contribution is -2.57. The van der Waals surface area contributed by atoms with Gasteiger partial charge in [-0.15, -0.1) is 0 Å². The molecule has 2 aliphatic carbocycles. The van der Waals surface area contributed by atoms with Crippen LogP contribution >= 0.6 is 11.6 Å². The van der Waals surface area contributed by atoms with E-state index in [1.54, 1.807) is 18.2 Å². The lowest BCUT2D eigenvalue weighted by molar-refractivity contribution is -0.143. The number of hydrogen-bond donors (Lipinski definition) is 1. The van der Waals surface area contributed by atoms with Crippen molar-refractivity contribution in [3.8, 4) is 0 Å². The van der Waals surface area contributed by atoms with Gasteiger partial charge in [-0.25, -0.2) is 4.39 Å². The van der Waals surface area contributed by atoms with Crippen LogP contribution in [0.4, 0.5) is 4.39 Å². The van der Waals surface area contributed by atoms with Gasteiger partial charge in [0.25, 0.3) is 5.91 Å². The number of likely N-dealkylation sites (tertiary alicyclic amines) is 1. The number of benzene rings is 2. The number of ether oxygens (including phenoxy) is 1. The molecular weight excluding hydrogens is 761 g/mol. The molecule has 1 unspecified atom stereocenters. The predicted molar refractivity (Wildman–Crippen MR) is 220 cm³/mol. The highest BCUT2D eigenvalue weighted by molar-refractivity contribution is 6.38. The molecule has 13 heteroatoms. The molecule has 308 valence electrons. The van der Waals surface area contributed by atoms with Gasteiger partial charge < -0.3 is 24.8 Å². The van der Waals surface area contributed by atoms with Crippen LogP contribution in [0.15, 0.2) is 42.5 Å². The van der Waals surface area contributed by atoms with Gasteiger partial charge >= 0.3 is 5.97 Å². The molecule has 7 rings (SSSR count). The number of methoxy groups -OCH3 is 1. The molecule has 5 aliphatic rings. The predicted octanol–water partition coefficient (Wildman–Crippen LogP) is 5.71. The van der Waals surface area contributed by atoms with Gasteiger partial charge in [0.1, 0.15) is 11.9 Å². The number of nitrogens with one attached hydrogen (secondary N) is 1. The quantitative estimate of drug-likeness (QED) is 0.217. The van der Waals surface area contributed by atoms with Gasteiger partial charge in [-0.2, -0.15) is 0 Å². The second kappa shape index (κ2) is 19.6. The molecular formula is C44H59ClFN5O5Si. The third-order valence-electron chi connectivity index (χ3n) is 13.1. The molecule has 2 saturated carbocycles. The summed E-state index contributed by atoms with van der Waals surface area (Å²) in [4.78, 5) is 62.3. The van der Waals surface area contributed by atoms with Gasteiger partial charge in [0.05, 0.1) is 28.1 Å². The fourth-order valence-electron chi connectivity index (χ4n) is 9.47. The summed E-state index contributed by atoms with van der Waals surface area (Å²) < 4.78 is 21.4. The highest BCUT2D eigenvalue weighted by Crippen LogP contribution is 2.34. The first-order valence-corrected chi connectivity index (χ1v) is 23.0. The van der Waals surface area contributed by atoms with Crippen LogP contribution in [-0.4, -0.2) is 131 Å². The van der Waals surface area contributed by atoms with Crippen molar-refractivity contribution in [2.45, 2.75) is 88.1 Å². The molecule has 0 bridgehead atoms. The van der Waals surface area contributed by atoms with Crippen molar-refractivity contribution in [2.75, 3.05) is 72.2 Å². The number of piperazine rings is 1. The summed E-state index contributed by atoms with van der Waals surface area (Å²) in [5, 5.41) is 3.71. The molecule has 0 spiro atoms. The number of carbonyl (C=O) groups is 4. The molecule has 0 aromatic heterocycles. The number of hydrogen-bond acceptors (Lipinski definition) is 7. The molecule has 3 saturated heterocycles. The number of esters is 1. The molecule has 10 nitrogen and oxygen atoms in total. The van der Waals surface area contributed by atoms with E-state index >= 15 is 4.39 Å². The van der Waals surface area contributed by atoms with Gasteiger partial charge in [0.15, 0.2) is 0 Å². The first-order chi connectivity index (χ1) is 27.7. The van der Waals surface area contributed by atoms with Crippen LogP contribution in [0.5, 0.6) is 0 Å². The van der Waals surface area contributed by atoms with Crippen LogP contribution < -0.4 is 5.32 Å². The fraction of sp³-hybridized carbons (Fsp3) is 0.636. The number of halogens is 2. The van der Waals surface area contributed by atoms with Crippen molar-refractivity contribution in [3.05, 3.63) is 70.0 Å². The van der Waals surface area contributed by atoms with E-state index in [0.29, 0.717) is 58.4 Å². The summed E-state index contributed by atoms with van der Waals surface area (Å²) in [5.74, 6) is -0.663. The maximum absolute atomic E-state index is 16.3. The third-order valence-corrected chi connectivity index (χ3v) is 15.0. The van der Waals surface area contributed by atoms with E-state index in [1.165, 1.54) is 7.11 Å². The zero-order valence-electron chi connectivity index (χ0n) is 33.4. The van der Waals surface area contributed by atoms with Gasteiger partial charge in [-0.3, -0.25) is 24.1 Å². The molecule has 1 N–H and O–H groups in total. The van der Waals surface area contributed by atoms with Crippen LogP contribution in [0, 0.1) is 23.6 Å². The van der Waals surface area contributed by atoms with Crippen molar-refractivity contribution in [1.82, 2.24) is 24.9 Å². The Labute approximate surface area is 345 Å². The molecule has 3 atom stereocenters. The highest BCUT2D eigenvalue weighted by atomic mass is 35.5. The normalized spacial score (nSPS) is 23.0. The molecule has 3 aliphatic heterocycles. The topological polar surface area (TPSA) is 102 Å². The van der Waals surface area contributed by atoms with E-state index in [4.69, 9.17) is 16.3 Å². The third kappa shape index (κ3) is 10.7. The standard InChI is InChI=1S/C44H59ClFN5O5Si/c1-56-44(55)37(31-14-16-34(45)17-15-31)28-48-21-18-30(19-22-48)27-49-23-25-50(26-24-49)43(54)40(32-7-3-2-4-8-32)47-41(52)36-10-5-9-35(39(36)46)38-11-6-20-51(29-57-38)42(53)33-12-13-33/h5,9-10,14-17,30,32-33,37-38,40H,2-4,6-8,11-13,18-29H2,1H3,(H,47,52)/t37?,38-,40+/m0/s1. The average molecular weight is 821 g/mol. The second-order valence-corrected chi connectivity index (χ2v) is 18.8. The molecule has 2 aromatic carbocycles. The number of carbonyl (C=O) groups excluding carboxylic acids is 4. The number of nitrogens with zero attached hydrogens (tertiary/aromatic N) is 4. The van der Waals surface area contributed by atoms with Crippen molar-refractivity contribution >= 4 is 44.8 Å². The Bertz CT molecular complexity index is 1710. The summed E-state index contributed by atoms with van der Waals surface area (Å²) >= 11 is 6.09. The van der Waals surface area contributed by atoms with Crippen LogP contribution in [0.1, 0.15) is 104 Å². The van der Waals surface area contributed by atoms with Crippen LogP contribution in [-0.2, 0) is 19.1 Å². The molecule has 2 aromatic rings. The minimum Gasteiger partial charge on any atom is -0.469 e. The molecule has 3 amide bonds. The zero-order valence-corrected chi connectivity index (χ0v) is 35.2. The van der Waals surface area contributed by atoms with Crippen LogP contribution in [0.3, 0.4) is 0 Å². The Morgan fingerprint density at radius 2 is 1.54 bits per heavy atom. The lowest BCUT2D eigenvalue weighted by atomic mass is 9.83. The van der Waals surface area contributed by atoms with Crippen molar-refractivity contribution in [3.63, 3.8) is 0 Å². The van der Waals surface area contributed by atoms with Crippen LogP contribution in [0.2, 0.25) is 5.02 Å². The Hall–Kier alpha value is -3.32. The summed E-state index contributed by atoms with van der Waals surface area (Å²) in [6.45, 7) is 6.89. The van der Waals surface area contributed by atoms with E-state index in [0.717, 1.165) is 109 Å². The van der Waals surface area contributed by atoms with Crippen molar-refractivity contribution < 1.29 is 28.3 Å². The first kappa shape index (κ1) is 41.8. The summed E-state index contributed by atoms with van der Waals surface area (Å²) in [6.07, 6.45) is 11.2. The molecule has 5 fully saturated rings. The SMILES string of the molecule is COC(=O)C(CN1CCC(CN2CCN(C(=O)[C@H](NC(=O)c3cccc([C@@H]4CCCN(C(=O)C5CC5)C[Si]4)c3F)C3CCCCC3)CC2)CC1)c1ccc(Cl)cc1. The van der Waals surface area contributed by atoms with E-state index in [1.807, 2.05) is 34.1 Å². The Kier molecular flexibility index (Phi) is 14.4. The molecule has 2 radical (unpaired) electrons. The number of piperidine rings is 1. The average Bonchev–Trinajstić information content (AvgIpc) is 4.11. The lowest BCUT2D eigenvalue weighted by Gasteiger charge is -2.41. The van der Waals surface area contributed by atoms with Gasteiger partial charge in [0, 0.05) is 62.9 Å². The van der Waals surface area contributed by atoms with Gasteiger partial charge in [-0.05, 0) is 111 Å².